The van der Waals surface area contributed by atoms with Gasteiger partial charge in [-0.1, -0.05) is 0 Å². The lowest BCUT2D eigenvalue weighted by molar-refractivity contribution is -0.140. The van der Waals surface area contributed by atoms with Gasteiger partial charge in [0.05, 0.1) is 7.11 Å². The third-order valence-electron chi connectivity index (χ3n) is 2.28. The van der Waals surface area contributed by atoms with Crippen molar-refractivity contribution in [3.63, 3.8) is 0 Å². The van der Waals surface area contributed by atoms with Crippen molar-refractivity contribution in [3.8, 4) is 5.75 Å². The van der Waals surface area contributed by atoms with Crippen molar-refractivity contribution in [1.29, 1.82) is 0 Å². The van der Waals surface area contributed by atoms with Crippen LogP contribution in [-0.4, -0.2) is 18.2 Å². The van der Waals surface area contributed by atoms with Crippen LogP contribution >= 0.6 is 0 Å². The van der Waals surface area contributed by atoms with Gasteiger partial charge in [0.15, 0.2) is 0 Å². The van der Waals surface area contributed by atoms with E-state index in [1.54, 1.807) is 0 Å². The number of hydrogen-bond donors (Lipinski definition) is 2. The summed E-state index contributed by atoms with van der Waals surface area (Å²) < 4.78 is 17.4. The van der Waals surface area contributed by atoms with Crippen molar-refractivity contribution in [2.45, 2.75) is 18.9 Å². The molecule has 0 radical (unpaired) electrons. The van der Waals surface area contributed by atoms with Gasteiger partial charge in [-0.3, -0.25) is 4.79 Å². The molecule has 0 aromatic heterocycles. The molecular formula is C11H14FNO3. The average molecular weight is 227 g/mol. The summed E-state index contributed by atoms with van der Waals surface area (Å²) in [6.45, 7) is 0. The molecule has 0 amide bonds. The molecule has 0 aliphatic rings. The minimum Gasteiger partial charge on any atom is -0.508 e. The Morgan fingerprint density at radius 2 is 2.31 bits per heavy atom. The Morgan fingerprint density at radius 1 is 1.62 bits per heavy atom. The first-order valence-corrected chi connectivity index (χ1v) is 4.85. The van der Waals surface area contributed by atoms with Crippen LogP contribution in [0.2, 0.25) is 0 Å². The second kappa shape index (κ2) is 5.46. The first kappa shape index (κ1) is 12.4. The fourth-order valence-electron chi connectivity index (χ4n) is 1.35. The van der Waals surface area contributed by atoms with E-state index in [9.17, 15) is 14.3 Å². The van der Waals surface area contributed by atoms with Gasteiger partial charge in [-0.2, -0.15) is 0 Å². The van der Waals surface area contributed by atoms with Crippen molar-refractivity contribution >= 4 is 5.97 Å². The van der Waals surface area contributed by atoms with Crippen molar-refractivity contribution in [2.75, 3.05) is 7.11 Å². The molecule has 0 heterocycles. The van der Waals surface area contributed by atoms with E-state index < -0.39 is 11.9 Å². The van der Waals surface area contributed by atoms with Crippen LogP contribution in [0.4, 0.5) is 4.39 Å². The van der Waals surface area contributed by atoms with Gasteiger partial charge in [0, 0.05) is 18.0 Å². The Labute approximate surface area is 92.8 Å². The second-order valence-corrected chi connectivity index (χ2v) is 3.42. The van der Waals surface area contributed by atoms with E-state index in [-0.39, 0.29) is 18.1 Å². The Hall–Kier alpha value is -1.62. The molecule has 0 saturated heterocycles. The minimum absolute atomic E-state index is 0.0706. The van der Waals surface area contributed by atoms with E-state index in [4.69, 9.17) is 5.73 Å². The van der Waals surface area contributed by atoms with Gasteiger partial charge < -0.3 is 15.6 Å². The zero-order valence-electron chi connectivity index (χ0n) is 8.94. The summed E-state index contributed by atoms with van der Waals surface area (Å²) in [5.74, 6) is -0.925. The van der Waals surface area contributed by atoms with Crippen LogP contribution in [0, 0.1) is 5.82 Å². The topological polar surface area (TPSA) is 72.5 Å². The third-order valence-corrected chi connectivity index (χ3v) is 2.28. The van der Waals surface area contributed by atoms with E-state index in [2.05, 4.69) is 4.74 Å². The standard InChI is InChI=1S/C11H14FNO3/c1-16-11(15)5-3-9(13)8-6-7(12)2-4-10(8)14/h2,4,6,9,14H,3,5,13H2,1H3. The molecule has 0 aliphatic carbocycles. The normalized spacial score (nSPS) is 12.2. The number of carbonyl (C=O) groups excluding carboxylic acids is 1. The number of methoxy groups -OCH3 is 1. The first-order valence-electron chi connectivity index (χ1n) is 4.85. The van der Waals surface area contributed by atoms with Gasteiger partial charge in [-0.15, -0.1) is 0 Å². The van der Waals surface area contributed by atoms with E-state index in [1.807, 2.05) is 0 Å². The molecule has 3 N–H and O–H groups in total. The third kappa shape index (κ3) is 3.20. The Bertz CT molecular complexity index is 381. The van der Waals surface area contributed by atoms with Crippen LogP contribution in [0.5, 0.6) is 5.75 Å². The van der Waals surface area contributed by atoms with Crippen molar-refractivity contribution in [2.24, 2.45) is 5.73 Å². The number of halogens is 1. The highest BCUT2D eigenvalue weighted by atomic mass is 19.1. The summed E-state index contributed by atoms with van der Waals surface area (Å²) >= 11 is 0. The Morgan fingerprint density at radius 3 is 2.94 bits per heavy atom. The number of hydrogen-bond acceptors (Lipinski definition) is 4. The minimum atomic E-state index is -0.588. The Kier molecular flexibility index (Phi) is 4.25. The second-order valence-electron chi connectivity index (χ2n) is 3.42. The number of ether oxygens (including phenoxy) is 1. The number of phenols is 1. The molecule has 5 heteroatoms. The van der Waals surface area contributed by atoms with Gasteiger partial charge in [-0.05, 0) is 24.6 Å². The largest absolute Gasteiger partial charge is 0.508 e. The van der Waals surface area contributed by atoms with Gasteiger partial charge >= 0.3 is 5.97 Å². The molecular weight excluding hydrogens is 213 g/mol. The average Bonchev–Trinajstić information content (AvgIpc) is 2.28. The monoisotopic (exact) mass is 227 g/mol. The highest BCUT2D eigenvalue weighted by Gasteiger charge is 2.13. The van der Waals surface area contributed by atoms with Crippen LogP contribution in [0.25, 0.3) is 0 Å². The lowest BCUT2D eigenvalue weighted by Crippen LogP contribution is -2.13. The number of esters is 1. The summed E-state index contributed by atoms with van der Waals surface area (Å²) in [6, 6.07) is 2.96. The van der Waals surface area contributed by atoms with Crippen molar-refractivity contribution in [3.05, 3.63) is 29.6 Å². The number of phenolic OH excluding ortho intramolecular Hbond substituents is 1. The quantitative estimate of drug-likeness (QED) is 0.764. The van der Waals surface area contributed by atoms with Crippen LogP contribution in [0.3, 0.4) is 0 Å². The molecule has 1 aromatic carbocycles. The molecule has 1 rings (SSSR count). The van der Waals surface area contributed by atoms with Gasteiger partial charge in [0.2, 0.25) is 0 Å². The molecule has 0 spiro atoms. The summed E-state index contributed by atoms with van der Waals surface area (Å²) in [5, 5.41) is 9.46. The predicted molar refractivity (Wildman–Crippen MR) is 56.2 cm³/mol. The summed E-state index contributed by atoms with van der Waals surface area (Å²) in [6.07, 6.45) is 0.428. The van der Waals surface area contributed by atoms with Crippen molar-refractivity contribution in [1.82, 2.24) is 0 Å². The number of benzene rings is 1. The number of rotatable bonds is 4. The first-order chi connectivity index (χ1) is 7.54. The molecule has 16 heavy (non-hydrogen) atoms. The molecule has 1 atom stereocenters. The number of aromatic hydroxyl groups is 1. The number of carbonyl (C=O) groups is 1. The maximum Gasteiger partial charge on any atom is 0.305 e. The van der Waals surface area contributed by atoms with Gasteiger partial charge in [0.25, 0.3) is 0 Å². The zero-order valence-corrected chi connectivity index (χ0v) is 8.94. The highest BCUT2D eigenvalue weighted by Crippen LogP contribution is 2.26. The molecule has 0 fully saturated rings. The zero-order chi connectivity index (χ0) is 12.1. The molecule has 1 unspecified atom stereocenters. The van der Waals surface area contributed by atoms with Gasteiger partial charge in [-0.25, -0.2) is 4.39 Å². The van der Waals surface area contributed by atoms with Crippen molar-refractivity contribution < 1.29 is 19.0 Å². The SMILES string of the molecule is COC(=O)CCC(N)c1cc(F)ccc1O. The van der Waals surface area contributed by atoms with E-state index in [1.165, 1.54) is 13.2 Å². The van der Waals surface area contributed by atoms with Crippen LogP contribution in [0.1, 0.15) is 24.4 Å². The summed E-state index contributed by atoms with van der Waals surface area (Å²) in [7, 11) is 1.29. The van der Waals surface area contributed by atoms with E-state index in [0.717, 1.165) is 12.1 Å². The molecule has 0 bridgehead atoms. The van der Waals surface area contributed by atoms with Crippen LogP contribution < -0.4 is 5.73 Å². The lowest BCUT2D eigenvalue weighted by atomic mass is 10.0. The maximum absolute atomic E-state index is 12.9. The molecule has 1 aromatic rings. The summed E-state index contributed by atoms with van der Waals surface area (Å²) in [5.41, 5.74) is 6.03. The molecule has 0 aliphatic heterocycles. The smallest absolute Gasteiger partial charge is 0.305 e. The Balaban J connectivity index is 2.68. The van der Waals surface area contributed by atoms with Crippen LogP contribution in [0.15, 0.2) is 18.2 Å². The maximum atomic E-state index is 12.9. The van der Waals surface area contributed by atoms with E-state index in [0.29, 0.717) is 12.0 Å². The molecule has 0 saturated carbocycles. The predicted octanol–water partition coefficient (Wildman–Crippen LogP) is 1.48. The van der Waals surface area contributed by atoms with Crippen LogP contribution in [-0.2, 0) is 9.53 Å². The molecule has 88 valence electrons. The highest BCUT2D eigenvalue weighted by molar-refractivity contribution is 5.69. The molecule has 4 nitrogen and oxygen atoms in total. The lowest BCUT2D eigenvalue weighted by Gasteiger charge is -2.12. The summed E-state index contributed by atoms with van der Waals surface area (Å²) in [4.78, 5) is 10.9. The van der Waals surface area contributed by atoms with Gasteiger partial charge in [0.1, 0.15) is 11.6 Å². The fraction of sp³-hybridized carbons (Fsp3) is 0.364. The van der Waals surface area contributed by atoms with E-state index >= 15 is 0 Å². The number of nitrogens with two attached hydrogens (primary N) is 1. The fourth-order valence-corrected chi connectivity index (χ4v) is 1.35.